The average molecular weight is 430 g/mol. The zero-order valence-corrected chi connectivity index (χ0v) is 17.1. The van der Waals surface area contributed by atoms with E-state index in [0.717, 1.165) is 23.6 Å². The Hall–Kier alpha value is -2.79. The quantitative estimate of drug-likeness (QED) is 0.756. The molecule has 0 radical (unpaired) electrons. The molecular formula is C19H22N6O4S. The van der Waals surface area contributed by atoms with Gasteiger partial charge < -0.3 is 19.1 Å². The number of hydrogen-bond donors (Lipinski definition) is 1. The first-order chi connectivity index (χ1) is 14.6. The van der Waals surface area contributed by atoms with Crippen molar-refractivity contribution in [1.29, 1.82) is 0 Å². The van der Waals surface area contributed by atoms with Gasteiger partial charge in [0.05, 0.1) is 13.2 Å². The van der Waals surface area contributed by atoms with Crippen LogP contribution in [0.1, 0.15) is 28.5 Å². The lowest BCUT2D eigenvalue weighted by molar-refractivity contribution is 0.0299. The summed E-state index contributed by atoms with van der Waals surface area (Å²) in [5, 5.41) is 7.15. The highest BCUT2D eigenvalue weighted by Crippen LogP contribution is 2.35. The summed E-state index contributed by atoms with van der Waals surface area (Å²) in [6.07, 6.45) is 0.968. The Kier molecular flexibility index (Phi) is 4.99. The number of rotatable bonds is 2. The first kappa shape index (κ1) is 19.2. The molecule has 2 saturated heterocycles. The summed E-state index contributed by atoms with van der Waals surface area (Å²) in [5.74, 6) is 0.119. The Bertz CT molecular complexity index is 1030. The fourth-order valence-corrected chi connectivity index (χ4v) is 5.12. The zero-order chi connectivity index (χ0) is 20.7. The van der Waals surface area contributed by atoms with Gasteiger partial charge in [-0.2, -0.15) is 0 Å². The molecule has 11 heteroatoms. The number of hydrogen-bond acceptors (Lipinski definition) is 7. The maximum absolute atomic E-state index is 13.0. The van der Waals surface area contributed by atoms with Crippen molar-refractivity contribution in [2.75, 3.05) is 44.7 Å². The molecule has 1 N–H and O–H groups in total. The number of carbonyl (C=O) groups is 2. The molecule has 30 heavy (non-hydrogen) atoms. The molecule has 2 fully saturated rings. The van der Waals surface area contributed by atoms with Crippen LogP contribution in [-0.4, -0.2) is 75.3 Å². The number of carbonyl (C=O) groups excluding carboxylic acids is 2. The van der Waals surface area contributed by atoms with E-state index in [2.05, 4.69) is 14.9 Å². The van der Waals surface area contributed by atoms with Crippen LogP contribution in [0, 0.1) is 5.92 Å². The molecule has 0 saturated carbocycles. The van der Waals surface area contributed by atoms with Crippen LogP contribution in [-0.2, 0) is 11.3 Å². The maximum Gasteiger partial charge on any atom is 0.322 e. The second kappa shape index (κ2) is 7.80. The maximum atomic E-state index is 13.0. The molecule has 0 unspecified atom stereocenters. The number of likely N-dealkylation sites (tertiary alicyclic amines) is 1. The molecule has 5 heterocycles. The monoisotopic (exact) mass is 430 g/mol. The van der Waals surface area contributed by atoms with Crippen molar-refractivity contribution in [1.82, 2.24) is 24.0 Å². The van der Waals surface area contributed by atoms with Crippen LogP contribution in [0.2, 0.25) is 0 Å². The van der Waals surface area contributed by atoms with Crippen LogP contribution in [0.4, 0.5) is 9.80 Å². The van der Waals surface area contributed by atoms with Crippen LogP contribution >= 0.6 is 11.5 Å². The lowest BCUT2D eigenvalue weighted by Crippen LogP contribution is -2.50. The molecule has 0 spiro atoms. The standard InChI is InChI=1S/C19H22N6O4S/c26-15-3-1-2-14-13-8-12(10-25(14)15)9-24(11-13)19(28)20-17-16(21-22-30-17)18(27)23-4-6-29-7-5-23/h1-3,12-13H,4-11H2,(H,20,28)/t12-,13-/m1/s1. The smallest absolute Gasteiger partial charge is 0.322 e. The molecule has 2 bridgehead atoms. The summed E-state index contributed by atoms with van der Waals surface area (Å²) in [7, 11) is 0. The van der Waals surface area contributed by atoms with E-state index in [-0.39, 0.29) is 35.0 Å². The van der Waals surface area contributed by atoms with Crippen LogP contribution in [0.25, 0.3) is 0 Å². The topological polar surface area (TPSA) is 110 Å². The van der Waals surface area contributed by atoms with Crippen molar-refractivity contribution in [3.05, 3.63) is 39.9 Å². The molecule has 2 aromatic rings. The van der Waals surface area contributed by atoms with Gasteiger partial charge in [0, 0.05) is 61.9 Å². The van der Waals surface area contributed by atoms with Gasteiger partial charge in [-0.05, 0) is 18.4 Å². The van der Waals surface area contributed by atoms with E-state index < -0.39 is 0 Å². The minimum Gasteiger partial charge on any atom is -0.378 e. The van der Waals surface area contributed by atoms with Crippen LogP contribution in [0.15, 0.2) is 23.0 Å². The van der Waals surface area contributed by atoms with E-state index in [0.29, 0.717) is 50.9 Å². The molecule has 2 atom stereocenters. The van der Waals surface area contributed by atoms with Crippen molar-refractivity contribution in [2.45, 2.75) is 18.9 Å². The second-order valence-electron chi connectivity index (χ2n) is 7.89. The third-order valence-electron chi connectivity index (χ3n) is 5.98. The third kappa shape index (κ3) is 3.47. The highest BCUT2D eigenvalue weighted by Gasteiger charge is 2.37. The van der Waals surface area contributed by atoms with Crippen molar-refractivity contribution in [3.8, 4) is 0 Å². The minimum atomic E-state index is -0.265. The Morgan fingerprint density at radius 3 is 2.80 bits per heavy atom. The number of nitrogens with zero attached hydrogens (tertiary/aromatic N) is 5. The Morgan fingerprint density at radius 2 is 1.97 bits per heavy atom. The van der Waals surface area contributed by atoms with Gasteiger partial charge in [0.1, 0.15) is 0 Å². The highest BCUT2D eigenvalue weighted by atomic mass is 32.1. The van der Waals surface area contributed by atoms with Crippen LogP contribution < -0.4 is 10.9 Å². The van der Waals surface area contributed by atoms with E-state index in [9.17, 15) is 14.4 Å². The molecular weight excluding hydrogens is 408 g/mol. The molecule has 3 aliphatic heterocycles. The van der Waals surface area contributed by atoms with Gasteiger partial charge in [-0.25, -0.2) is 4.79 Å². The summed E-state index contributed by atoms with van der Waals surface area (Å²) in [4.78, 5) is 41.3. The SMILES string of the molecule is O=C(Nc1snnc1C(=O)N1CCOCC1)N1C[C@H]2C[C@H](C1)c1cccc(=O)n1C2. The van der Waals surface area contributed by atoms with E-state index in [4.69, 9.17) is 4.74 Å². The number of morpholine rings is 1. The predicted molar refractivity (Wildman–Crippen MR) is 109 cm³/mol. The molecule has 0 aliphatic carbocycles. The second-order valence-corrected chi connectivity index (χ2v) is 8.64. The van der Waals surface area contributed by atoms with Crippen LogP contribution in [0.5, 0.6) is 0 Å². The number of fused-ring (bicyclic) bond motifs is 4. The number of pyridine rings is 1. The van der Waals surface area contributed by atoms with Gasteiger partial charge in [0.2, 0.25) is 0 Å². The number of anilines is 1. The Balaban J connectivity index is 1.30. The van der Waals surface area contributed by atoms with Gasteiger partial charge in [-0.3, -0.25) is 14.9 Å². The van der Waals surface area contributed by atoms with E-state index in [1.807, 2.05) is 10.6 Å². The van der Waals surface area contributed by atoms with Crippen molar-refractivity contribution < 1.29 is 14.3 Å². The average Bonchev–Trinajstić information content (AvgIpc) is 3.22. The molecule has 5 rings (SSSR count). The van der Waals surface area contributed by atoms with Gasteiger partial charge in [-0.15, -0.1) is 5.10 Å². The highest BCUT2D eigenvalue weighted by molar-refractivity contribution is 7.10. The van der Waals surface area contributed by atoms with Crippen molar-refractivity contribution in [2.24, 2.45) is 5.92 Å². The first-order valence-corrected chi connectivity index (χ1v) is 10.8. The number of piperidine rings is 1. The lowest BCUT2D eigenvalue weighted by Gasteiger charge is -2.42. The molecule has 2 aromatic heterocycles. The number of ether oxygens (including phenoxy) is 1. The molecule has 3 amide bonds. The number of aromatic nitrogens is 3. The predicted octanol–water partition coefficient (Wildman–Crippen LogP) is 0.823. The van der Waals surface area contributed by atoms with Gasteiger partial charge >= 0.3 is 6.03 Å². The number of nitrogens with one attached hydrogen (secondary N) is 1. The van der Waals surface area contributed by atoms with Gasteiger partial charge in [0.25, 0.3) is 11.5 Å². The largest absolute Gasteiger partial charge is 0.378 e. The minimum absolute atomic E-state index is 0.0158. The fourth-order valence-electron chi connectivity index (χ4n) is 4.57. The summed E-state index contributed by atoms with van der Waals surface area (Å²) >= 11 is 1.00. The lowest BCUT2D eigenvalue weighted by atomic mass is 9.83. The van der Waals surface area contributed by atoms with Crippen molar-refractivity contribution >= 4 is 28.5 Å². The molecule has 158 valence electrons. The fraction of sp³-hybridized carbons (Fsp3) is 0.526. The van der Waals surface area contributed by atoms with Gasteiger partial charge in [0.15, 0.2) is 10.7 Å². The first-order valence-electron chi connectivity index (χ1n) is 10.0. The third-order valence-corrected chi connectivity index (χ3v) is 6.62. The summed E-state index contributed by atoms with van der Waals surface area (Å²) in [6.45, 7) is 3.71. The molecule has 10 nitrogen and oxygen atoms in total. The number of urea groups is 1. The Labute approximate surface area is 176 Å². The van der Waals surface area contributed by atoms with E-state index >= 15 is 0 Å². The van der Waals surface area contributed by atoms with Gasteiger partial charge in [-0.1, -0.05) is 10.6 Å². The zero-order valence-electron chi connectivity index (χ0n) is 16.3. The summed E-state index contributed by atoms with van der Waals surface area (Å²) in [5.41, 5.74) is 1.17. The summed E-state index contributed by atoms with van der Waals surface area (Å²) < 4.78 is 11.0. The normalized spacial score (nSPS) is 23.1. The van der Waals surface area contributed by atoms with Crippen molar-refractivity contribution in [3.63, 3.8) is 0 Å². The van der Waals surface area contributed by atoms with E-state index in [1.165, 1.54) is 0 Å². The molecule has 3 aliphatic rings. The van der Waals surface area contributed by atoms with E-state index in [1.54, 1.807) is 21.9 Å². The molecule has 0 aromatic carbocycles. The number of amides is 3. The summed E-state index contributed by atoms with van der Waals surface area (Å²) in [6, 6.07) is 5.06. The Morgan fingerprint density at radius 1 is 1.13 bits per heavy atom. The van der Waals surface area contributed by atoms with Crippen LogP contribution in [0.3, 0.4) is 0 Å².